The van der Waals surface area contributed by atoms with Crippen LogP contribution in [0.25, 0.3) is 17.4 Å². The molecular weight excluding hydrogens is 508 g/mol. The summed E-state index contributed by atoms with van der Waals surface area (Å²) in [6.07, 6.45) is 7.09. The van der Waals surface area contributed by atoms with Crippen LogP contribution in [0.2, 0.25) is 5.02 Å². The number of carbonyl (C=O) groups excluding carboxylic acids is 1. The number of halogens is 1. The third-order valence-electron chi connectivity index (χ3n) is 6.87. The number of furan rings is 1. The van der Waals surface area contributed by atoms with Gasteiger partial charge in [0.2, 0.25) is 0 Å². The van der Waals surface area contributed by atoms with Crippen molar-refractivity contribution in [3.05, 3.63) is 80.9 Å². The number of carboxylic acids is 1. The van der Waals surface area contributed by atoms with Gasteiger partial charge in [-0.3, -0.25) is 9.69 Å². The Morgan fingerprint density at radius 3 is 2.59 bits per heavy atom. The molecule has 2 aromatic carbocycles. The highest BCUT2D eigenvalue weighted by Crippen LogP contribution is 2.39. The second-order valence-electron chi connectivity index (χ2n) is 9.44. The third kappa shape index (κ3) is 5.38. The van der Waals surface area contributed by atoms with E-state index in [9.17, 15) is 14.7 Å². The van der Waals surface area contributed by atoms with Crippen LogP contribution in [0.5, 0.6) is 0 Å². The highest BCUT2D eigenvalue weighted by molar-refractivity contribution is 8.18. The van der Waals surface area contributed by atoms with Gasteiger partial charge >= 0.3 is 5.97 Å². The van der Waals surface area contributed by atoms with Gasteiger partial charge < -0.3 is 9.52 Å². The maximum Gasteiger partial charge on any atom is 0.337 e. The summed E-state index contributed by atoms with van der Waals surface area (Å²) in [6.45, 7) is 4.13. The van der Waals surface area contributed by atoms with Crippen molar-refractivity contribution in [3.8, 4) is 11.3 Å². The SMILES string of the molecule is Cc1ccc(N=C2SC(=Cc3ccc(-c4ccc(Cl)c(C(=O)O)c4)o3)C(=O)N2C2CCCCC2)cc1C. The molecule has 5 rings (SSSR count). The van der Waals surface area contributed by atoms with E-state index in [0.717, 1.165) is 36.9 Å². The van der Waals surface area contributed by atoms with Gasteiger partial charge in [0.05, 0.1) is 21.2 Å². The van der Waals surface area contributed by atoms with Crippen LogP contribution in [0.3, 0.4) is 0 Å². The molecule has 1 saturated heterocycles. The summed E-state index contributed by atoms with van der Waals surface area (Å²) >= 11 is 7.37. The molecule has 2 heterocycles. The average Bonchev–Trinajstić information content (AvgIpc) is 3.46. The van der Waals surface area contributed by atoms with Crippen molar-refractivity contribution in [1.82, 2.24) is 4.90 Å². The number of amides is 1. The topological polar surface area (TPSA) is 83.1 Å². The molecule has 1 aliphatic heterocycles. The molecule has 1 amide bonds. The Bertz CT molecular complexity index is 1440. The number of hydrogen-bond acceptors (Lipinski definition) is 5. The molecule has 0 bridgehead atoms. The third-order valence-corrected chi connectivity index (χ3v) is 8.19. The molecule has 0 atom stereocenters. The summed E-state index contributed by atoms with van der Waals surface area (Å²) in [5.41, 5.74) is 3.80. The number of carbonyl (C=O) groups is 2. The van der Waals surface area contributed by atoms with Crippen LogP contribution in [0.15, 0.2) is 62.8 Å². The van der Waals surface area contributed by atoms with E-state index in [0.29, 0.717) is 27.2 Å². The lowest BCUT2D eigenvalue weighted by Gasteiger charge is -2.30. The second-order valence-corrected chi connectivity index (χ2v) is 10.9. The predicted molar refractivity (Wildman–Crippen MR) is 148 cm³/mol. The molecule has 1 aromatic heterocycles. The molecule has 2 aliphatic rings. The Hall–Kier alpha value is -3.29. The van der Waals surface area contributed by atoms with Crippen LogP contribution in [0.1, 0.15) is 59.3 Å². The minimum Gasteiger partial charge on any atom is -0.478 e. The lowest BCUT2D eigenvalue weighted by Crippen LogP contribution is -2.40. The van der Waals surface area contributed by atoms with Crippen molar-refractivity contribution in [3.63, 3.8) is 0 Å². The van der Waals surface area contributed by atoms with Gasteiger partial charge in [-0.1, -0.05) is 36.9 Å². The number of hydrogen-bond donors (Lipinski definition) is 1. The summed E-state index contributed by atoms with van der Waals surface area (Å²) in [6, 6.07) is 14.5. The van der Waals surface area contributed by atoms with Gasteiger partial charge in [-0.05, 0) is 92.0 Å². The van der Waals surface area contributed by atoms with Crippen LogP contribution >= 0.6 is 23.4 Å². The lowest BCUT2D eigenvalue weighted by molar-refractivity contribution is -0.124. The number of carboxylic acid groups (broad SMARTS) is 1. The Morgan fingerprint density at radius 2 is 1.86 bits per heavy atom. The first-order valence-electron chi connectivity index (χ1n) is 12.3. The first-order valence-corrected chi connectivity index (χ1v) is 13.5. The van der Waals surface area contributed by atoms with Gasteiger partial charge in [0.15, 0.2) is 5.17 Å². The standard InChI is InChI=1S/C29H27ClN2O4S/c1-17-8-10-20(14-18(17)2)31-29-32(21-6-4-3-5-7-21)27(33)26(37-29)16-22-11-13-25(36-22)19-9-12-24(30)23(15-19)28(34)35/h8-16,21H,3-7H2,1-2H3,(H,34,35). The summed E-state index contributed by atoms with van der Waals surface area (Å²) < 4.78 is 5.98. The van der Waals surface area contributed by atoms with Crippen molar-refractivity contribution in [2.45, 2.75) is 52.0 Å². The van der Waals surface area contributed by atoms with Crippen molar-refractivity contribution in [2.75, 3.05) is 0 Å². The van der Waals surface area contributed by atoms with Crippen LogP contribution in [0, 0.1) is 13.8 Å². The monoisotopic (exact) mass is 534 g/mol. The number of aromatic carboxylic acids is 1. The normalized spacial score (nSPS) is 18.8. The fraction of sp³-hybridized carbons (Fsp3) is 0.276. The Morgan fingerprint density at radius 1 is 1.08 bits per heavy atom. The first-order chi connectivity index (χ1) is 17.8. The molecule has 190 valence electrons. The zero-order chi connectivity index (χ0) is 26.1. The van der Waals surface area contributed by atoms with Crippen molar-refractivity contribution < 1.29 is 19.1 Å². The van der Waals surface area contributed by atoms with E-state index in [1.165, 1.54) is 35.9 Å². The zero-order valence-electron chi connectivity index (χ0n) is 20.7. The number of thioether (sulfide) groups is 1. The van der Waals surface area contributed by atoms with Crippen LogP contribution in [-0.4, -0.2) is 33.1 Å². The molecule has 1 aliphatic carbocycles. The second kappa shape index (κ2) is 10.6. The van der Waals surface area contributed by atoms with E-state index in [1.807, 2.05) is 17.0 Å². The quantitative estimate of drug-likeness (QED) is 0.337. The van der Waals surface area contributed by atoms with E-state index in [-0.39, 0.29) is 22.5 Å². The maximum absolute atomic E-state index is 13.6. The summed E-state index contributed by atoms with van der Waals surface area (Å²) in [5.74, 6) is -0.160. The van der Waals surface area contributed by atoms with E-state index >= 15 is 0 Å². The molecule has 6 nitrogen and oxygen atoms in total. The smallest absolute Gasteiger partial charge is 0.337 e. The molecule has 3 aromatic rings. The van der Waals surface area contributed by atoms with Gasteiger partial charge in [0.1, 0.15) is 11.5 Å². The minimum atomic E-state index is -1.10. The number of aliphatic imine (C=N–C) groups is 1. The Labute approximate surface area is 225 Å². The largest absolute Gasteiger partial charge is 0.478 e. The molecule has 8 heteroatoms. The molecule has 0 radical (unpaired) electrons. The van der Waals surface area contributed by atoms with Gasteiger partial charge in [0, 0.05) is 17.7 Å². The maximum atomic E-state index is 13.6. The fourth-order valence-corrected chi connectivity index (χ4v) is 5.93. The van der Waals surface area contributed by atoms with E-state index in [4.69, 9.17) is 21.0 Å². The molecule has 1 N–H and O–H groups in total. The number of benzene rings is 2. The molecule has 2 fully saturated rings. The van der Waals surface area contributed by atoms with Gasteiger partial charge in [-0.15, -0.1) is 0 Å². The molecule has 37 heavy (non-hydrogen) atoms. The Kier molecular flexibility index (Phi) is 7.26. The van der Waals surface area contributed by atoms with Crippen LogP contribution in [-0.2, 0) is 4.79 Å². The van der Waals surface area contributed by atoms with Crippen molar-refractivity contribution >= 4 is 52.2 Å². The van der Waals surface area contributed by atoms with E-state index < -0.39 is 5.97 Å². The molecule has 0 unspecified atom stereocenters. The first kappa shape index (κ1) is 25.4. The number of aryl methyl sites for hydroxylation is 2. The zero-order valence-corrected chi connectivity index (χ0v) is 22.2. The highest BCUT2D eigenvalue weighted by atomic mass is 35.5. The molecule has 1 saturated carbocycles. The summed E-state index contributed by atoms with van der Waals surface area (Å²) in [7, 11) is 0. The highest BCUT2D eigenvalue weighted by Gasteiger charge is 2.39. The minimum absolute atomic E-state index is 0.00678. The Balaban J connectivity index is 1.47. The fourth-order valence-electron chi connectivity index (χ4n) is 4.69. The van der Waals surface area contributed by atoms with E-state index in [1.54, 1.807) is 24.3 Å². The van der Waals surface area contributed by atoms with Gasteiger partial charge in [0.25, 0.3) is 5.91 Å². The van der Waals surface area contributed by atoms with Crippen molar-refractivity contribution in [2.24, 2.45) is 4.99 Å². The number of nitrogens with zero attached hydrogens (tertiary/aromatic N) is 2. The van der Waals surface area contributed by atoms with Gasteiger partial charge in [-0.25, -0.2) is 9.79 Å². The van der Waals surface area contributed by atoms with Crippen molar-refractivity contribution in [1.29, 1.82) is 0 Å². The van der Waals surface area contributed by atoms with Crippen LogP contribution in [0.4, 0.5) is 5.69 Å². The predicted octanol–water partition coefficient (Wildman–Crippen LogP) is 7.85. The van der Waals surface area contributed by atoms with Gasteiger partial charge in [-0.2, -0.15) is 0 Å². The molecule has 0 spiro atoms. The number of rotatable bonds is 5. The van der Waals surface area contributed by atoms with E-state index in [2.05, 4.69) is 19.9 Å². The average molecular weight is 535 g/mol. The lowest BCUT2D eigenvalue weighted by atomic mass is 9.94. The molecular formula is C29H27ClN2O4S. The number of amidine groups is 1. The van der Waals surface area contributed by atoms with Crippen LogP contribution < -0.4 is 0 Å². The summed E-state index contributed by atoms with van der Waals surface area (Å²) in [4.78, 5) is 32.4. The summed E-state index contributed by atoms with van der Waals surface area (Å²) in [5, 5.41) is 10.2.